The number of nitrogens with two attached hydrogens (primary N) is 1. The molecule has 11 rings (SSSR count). The predicted molar refractivity (Wildman–Crippen MR) is 237 cm³/mol. The van der Waals surface area contributed by atoms with Crippen LogP contribution in [0.25, 0.3) is 33.6 Å². The molecule has 2 saturated carbocycles. The lowest BCUT2D eigenvalue weighted by molar-refractivity contribution is 0.112. The number of nitrogens with zero attached hydrogens (tertiary/aromatic N) is 11. The van der Waals surface area contributed by atoms with E-state index in [0.717, 1.165) is 67.6 Å². The van der Waals surface area contributed by atoms with Crippen LogP contribution < -0.4 is 5.73 Å². The van der Waals surface area contributed by atoms with Crippen molar-refractivity contribution in [2.24, 2.45) is 5.73 Å². The molecule has 0 bridgehead atoms. The van der Waals surface area contributed by atoms with Gasteiger partial charge >= 0.3 is 0 Å². The average molecular weight is 907 g/mol. The number of hydrogen-bond donors (Lipinski definition) is 1. The summed E-state index contributed by atoms with van der Waals surface area (Å²) < 4.78 is 61.3. The van der Waals surface area contributed by atoms with Crippen LogP contribution in [0.2, 0.25) is 0 Å². The standard InChI is InChI=1S/C24H22N6O3S.C19H20N6O2S.ClH/c1-16-2-6-20(7-3-16)34(32,33)29-11-9-21-24(29)25-13-22-26-27-23(30(21)22)18-4-5-19(12-18)28-10-8-17(14-28)15-31;1-12-2-6-15(7-3-12)28(26,27)24-9-8-16-19(24)21-11-17-22-23-18(25(16)17)13-4-5-14(20)10-13;/h2-3,6-11,13-15,18-19H,4-5,12H2,1H3;2-3,6-9,11,13-14H,4-5,10,20H2,1H3;1H/t18?,19-;13?,14-;/m00./s1. The second-order valence-corrected chi connectivity index (χ2v) is 19.9. The average Bonchev–Trinajstić information content (AvgIpc) is 4.12. The first kappa shape index (κ1) is 42.0. The smallest absolute Gasteiger partial charge is 0.269 e. The molecule has 0 aliphatic heterocycles. The molecule has 2 fully saturated rings. The van der Waals surface area contributed by atoms with Crippen LogP contribution in [0.15, 0.2) is 114 Å². The maximum Gasteiger partial charge on any atom is 0.269 e. The first-order valence-electron chi connectivity index (χ1n) is 20.4. The molecule has 4 atom stereocenters. The Labute approximate surface area is 368 Å². The van der Waals surface area contributed by atoms with Gasteiger partial charge in [0.15, 0.2) is 28.9 Å². The summed E-state index contributed by atoms with van der Waals surface area (Å²) in [5, 5.41) is 17.4. The van der Waals surface area contributed by atoms with E-state index in [-0.39, 0.29) is 46.1 Å². The Kier molecular flexibility index (Phi) is 10.8. The third kappa shape index (κ3) is 7.27. The van der Waals surface area contributed by atoms with Gasteiger partial charge in [-0.1, -0.05) is 35.4 Å². The number of hydrogen-bond acceptors (Lipinski definition) is 12. The van der Waals surface area contributed by atoms with Crippen LogP contribution in [0.3, 0.4) is 0 Å². The van der Waals surface area contributed by atoms with Gasteiger partial charge in [-0.25, -0.2) is 34.7 Å². The topological polar surface area (TPSA) is 212 Å². The molecule has 2 unspecified atom stereocenters. The van der Waals surface area contributed by atoms with E-state index < -0.39 is 20.0 Å². The highest BCUT2D eigenvalue weighted by Gasteiger charge is 2.32. The maximum atomic E-state index is 13.3. The highest BCUT2D eigenvalue weighted by atomic mass is 35.5. The summed E-state index contributed by atoms with van der Waals surface area (Å²) >= 11 is 0. The van der Waals surface area contributed by atoms with E-state index in [0.29, 0.717) is 39.2 Å². The molecule has 2 N–H and O–H groups in total. The van der Waals surface area contributed by atoms with E-state index in [1.54, 1.807) is 73.1 Å². The summed E-state index contributed by atoms with van der Waals surface area (Å²) in [6.07, 6.45) is 16.4. The van der Waals surface area contributed by atoms with Crippen molar-refractivity contribution in [1.82, 2.24) is 51.7 Å². The van der Waals surface area contributed by atoms with Gasteiger partial charge in [0.1, 0.15) is 11.6 Å². The lowest BCUT2D eigenvalue weighted by Crippen LogP contribution is -2.15. The first-order chi connectivity index (χ1) is 29.9. The number of benzene rings is 2. The van der Waals surface area contributed by atoms with Crippen LogP contribution in [-0.4, -0.2) is 80.8 Å². The van der Waals surface area contributed by atoms with E-state index in [9.17, 15) is 21.6 Å². The molecule has 0 radical (unpaired) electrons. The lowest BCUT2D eigenvalue weighted by Gasteiger charge is -2.13. The summed E-state index contributed by atoms with van der Waals surface area (Å²) in [7, 11) is -7.55. The second-order valence-electron chi connectivity index (χ2n) is 16.2. The minimum absolute atomic E-state index is 0. The molecule has 0 amide bonds. The van der Waals surface area contributed by atoms with E-state index in [4.69, 9.17) is 5.73 Å². The maximum absolute atomic E-state index is 13.3. The van der Waals surface area contributed by atoms with Crippen molar-refractivity contribution in [2.45, 2.75) is 86.1 Å². The Morgan fingerprint density at radius 3 is 1.57 bits per heavy atom. The van der Waals surface area contributed by atoms with Gasteiger partial charge in [-0.15, -0.1) is 32.8 Å². The molecule has 2 aromatic carbocycles. The van der Waals surface area contributed by atoms with Crippen molar-refractivity contribution in [1.29, 1.82) is 0 Å². The Hall–Kier alpha value is -6.28. The number of carbonyl (C=O) groups is 1. The van der Waals surface area contributed by atoms with Gasteiger partial charge in [-0.3, -0.25) is 13.6 Å². The number of halogens is 1. The second kappa shape index (κ2) is 16.1. The van der Waals surface area contributed by atoms with E-state index in [2.05, 4.69) is 34.9 Å². The van der Waals surface area contributed by atoms with Gasteiger partial charge in [0.25, 0.3) is 20.0 Å². The van der Waals surface area contributed by atoms with Crippen molar-refractivity contribution in [2.75, 3.05) is 0 Å². The van der Waals surface area contributed by atoms with Crippen LogP contribution in [0, 0.1) is 13.8 Å². The van der Waals surface area contributed by atoms with Crippen molar-refractivity contribution in [3.63, 3.8) is 0 Å². The van der Waals surface area contributed by atoms with Crippen LogP contribution in [-0.2, 0) is 20.0 Å². The zero-order valence-electron chi connectivity index (χ0n) is 34.2. The summed E-state index contributed by atoms with van der Waals surface area (Å²) in [5.74, 6) is 2.00. The highest BCUT2D eigenvalue weighted by molar-refractivity contribution is 7.90. The molecule has 7 heterocycles. The summed E-state index contributed by atoms with van der Waals surface area (Å²) in [4.78, 5) is 20.3. The number of carbonyl (C=O) groups excluding carboxylic acids is 1. The van der Waals surface area contributed by atoms with Gasteiger partial charge in [0, 0.05) is 54.3 Å². The third-order valence-corrected chi connectivity index (χ3v) is 15.5. The molecule has 63 heavy (non-hydrogen) atoms. The molecular formula is C43H43ClN12O5S2. The number of aromatic nitrogens is 11. The van der Waals surface area contributed by atoms with Crippen molar-refractivity contribution >= 4 is 72.4 Å². The van der Waals surface area contributed by atoms with Crippen molar-refractivity contribution in [3.05, 3.63) is 132 Å². The van der Waals surface area contributed by atoms with Gasteiger partial charge in [-0.05, 0) is 94.8 Å². The minimum Gasteiger partial charge on any atom is -0.350 e. The van der Waals surface area contributed by atoms with E-state index in [1.165, 1.54) is 20.3 Å². The van der Waals surface area contributed by atoms with E-state index in [1.807, 2.05) is 41.1 Å². The lowest BCUT2D eigenvalue weighted by atomic mass is 10.1. The van der Waals surface area contributed by atoms with Gasteiger partial charge < -0.3 is 10.3 Å². The molecule has 17 nitrogen and oxygen atoms in total. The van der Waals surface area contributed by atoms with Gasteiger partial charge in [0.05, 0.1) is 33.2 Å². The van der Waals surface area contributed by atoms with Crippen LogP contribution in [0.4, 0.5) is 0 Å². The monoisotopic (exact) mass is 906 g/mol. The Bertz CT molecular complexity index is 3390. The van der Waals surface area contributed by atoms with Crippen molar-refractivity contribution < 1.29 is 21.6 Å². The SMILES string of the molecule is Cc1ccc(S(=O)(=O)n2ccc3c2ncc2nnc(C4CC[C@H](N)C4)n23)cc1.Cc1ccc(S(=O)(=O)n2ccc3c2ncc2nnc(C4CC[C@H](n5ccc(C=O)c5)C4)n23)cc1.Cl. The number of fused-ring (bicyclic) bond motifs is 6. The fraction of sp³-hybridized carbons (Fsp3) is 0.279. The summed E-state index contributed by atoms with van der Waals surface area (Å²) in [6.45, 7) is 3.83. The van der Waals surface area contributed by atoms with Gasteiger partial charge in [0.2, 0.25) is 0 Å². The van der Waals surface area contributed by atoms with Gasteiger partial charge in [-0.2, -0.15) is 0 Å². The van der Waals surface area contributed by atoms with Crippen molar-refractivity contribution in [3.8, 4) is 0 Å². The Morgan fingerprint density at radius 2 is 1.11 bits per heavy atom. The number of aryl methyl sites for hydroxylation is 2. The first-order valence-corrected chi connectivity index (χ1v) is 23.2. The fourth-order valence-corrected chi connectivity index (χ4v) is 11.5. The largest absolute Gasteiger partial charge is 0.350 e. The molecule has 9 aromatic rings. The zero-order chi connectivity index (χ0) is 42.9. The van der Waals surface area contributed by atoms with Crippen LogP contribution >= 0.6 is 12.4 Å². The fourth-order valence-electron chi connectivity index (χ4n) is 8.91. The predicted octanol–water partition coefficient (Wildman–Crippen LogP) is 6.39. The quantitative estimate of drug-likeness (QED) is 0.164. The molecular weight excluding hydrogens is 864 g/mol. The molecule has 324 valence electrons. The normalized spacial score (nSPS) is 19.2. The highest BCUT2D eigenvalue weighted by Crippen LogP contribution is 2.41. The summed E-state index contributed by atoms with van der Waals surface area (Å²) in [5.41, 5.74) is 11.9. The molecule has 20 heteroatoms. The van der Waals surface area contributed by atoms with E-state index >= 15 is 0 Å². The molecule has 2 aliphatic rings. The number of rotatable bonds is 8. The molecule has 2 aliphatic carbocycles. The Morgan fingerprint density at radius 1 is 0.619 bits per heavy atom. The molecule has 0 spiro atoms. The minimum atomic E-state index is -3.80. The Balaban J connectivity index is 0.000000160. The van der Waals surface area contributed by atoms with Crippen LogP contribution in [0.5, 0.6) is 0 Å². The number of aldehydes is 1. The molecule has 7 aromatic heterocycles. The summed E-state index contributed by atoms with van der Waals surface area (Å²) in [6, 6.07) is 19.3. The van der Waals surface area contributed by atoms with Crippen LogP contribution in [0.1, 0.15) is 89.5 Å². The zero-order valence-corrected chi connectivity index (χ0v) is 36.7. The molecule has 0 saturated heterocycles. The third-order valence-electron chi connectivity index (χ3n) is 12.2.